The van der Waals surface area contributed by atoms with Gasteiger partial charge in [-0.25, -0.2) is 13.8 Å². The number of benzene rings is 2. The van der Waals surface area contributed by atoms with Crippen molar-refractivity contribution in [1.29, 1.82) is 0 Å². The molecule has 3 rings (SSSR count). The second-order valence-electron chi connectivity index (χ2n) is 6.02. The minimum absolute atomic E-state index is 0.0873. The summed E-state index contributed by atoms with van der Waals surface area (Å²) in [6.45, 7) is 0.547. The Morgan fingerprint density at radius 1 is 1.00 bits per heavy atom. The Kier molecular flexibility index (Phi) is 6.10. The molecule has 27 heavy (non-hydrogen) atoms. The second-order valence-corrected chi connectivity index (χ2v) is 6.02. The summed E-state index contributed by atoms with van der Waals surface area (Å²) in [5.74, 6) is -1.31. The van der Waals surface area contributed by atoms with Crippen LogP contribution >= 0.6 is 0 Å². The zero-order valence-corrected chi connectivity index (χ0v) is 14.6. The van der Waals surface area contributed by atoms with Crippen molar-refractivity contribution in [2.24, 2.45) is 0 Å². The van der Waals surface area contributed by atoms with E-state index < -0.39 is 11.6 Å². The number of halogens is 2. The van der Waals surface area contributed by atoms with Crippen molar-refractivity contribution >= 4 is 17.4 Å². The van der Waals surface area contributed by atoms with Crippen molar-refractivity contribution in [3.8, 4) is 0 Å². The van der Waals surface area contributed by atoms with Crippen molar-refractivity contribution in [2.45, 2.75) is 12.8 Å². The van der Waals surface area contributed by atoms with Gasteiger partial charge in [0.25, 0.3) is 5.91 Å². The number of hydrogen-bond donors (Lipinski definition) is 2. The highest BCUT2D eigenvalue weighted by molar-refractivity contribution is 5.94. The molecule has 0 aliphatic heterocycles. The standard InChI is InChI=1S/C21H19F2N3O/c22-17-8-9-19(18(23)14-17)26-20-13-16(10-12-24-20)21(27)25-11-4-7-15-5-2-1-3-6-15/h1-3,5-6,8-10,12-14H,4,7,11H2,(H,24,26)(H,25,27). The lowest BCUT2D eigenvalue weighted by molar-refractivity contribution is 0.0953. The summed E-state index contributed by atoms with van der Waals surface area (Å²) >= 11 is 0. The molecule has 3 aromatic rings. The van der Waals surface area contributed by atoms with Gasteiger partial charge in [-0.05, 0) is 42.7 Å². The second kappa shape index (κ2) is 8.89. The number of nitrogens with zero attached hydrogens (tertiary/aromatic N) is 1. The fourth-order valence-corrected chi connectivity index (χ4v) is 2.61. The summed E-state index contributed by atoms with van der Waals surface area (Å²) < 4.78 is 26.7. The summed E-state index contributed by atoms with van der Waals surface area (Å²) in [4.78, 5) is 16.3. The molecule has 138 valence electrons. The van der Waals surface area contributed by atoms with E-state index in [-0.39, 0.29) is 11.6 Å². The third-order valence-electron chi connectivity index (χ3n) is 3.99. The minimum atomic E-state index is -0.729. The van der Waals surface area contributed by atoms with E-state index in [9.17, 15) is 13.6 Å². The molecule has 6 heteroatoms. The molecule has 0 fully saturated rings. The van der Waals surface area contributed by atoms with E-state index in [0.29, 0.717) is 17.9 Å². The van der Waals surface area contributed by atoms with Crippen molar-refractivity contribution < 1.29 is 13.6 Å². The predicted octanol–water partition coefficient (Wildman–Crippen LogP) is 4.47. The average molecular weight is 367 g/mol. The molecule has 1 heterocycles. The molecule has 0 radical (unpaired) electrons. The van der Waals surface area contributed by atoms with Gasteiger partial charge in [0.05, 0.1) is 5.69 Å². The van der Waals surface area contributed by atoms with E-state index in [0.717, 1.165) is 25.0 Å². The Hall–Kier alpha value is -3.28. The Morgan fingerprint density at radius 3 is 2.59 bits per heavy atom. The van der Waals surface area contributed by atoms with Crippen LogP contribution in [-0.2, 0) is 6.42 Å². The van der Waals surface area contributed by atoms with Crippen LogP contribution in [0.4, 0.5) is 20.3 Å². The fourth-order valence-electron chi connectivity index (χ4n) is 2.61. The normalized spacial score (nSPS) is 10.4. The summed E-state index contributed by atoms with van der Waals surface area (Å²) in [6.07, 6.45) is 3.17. The molecule has 0 saturated heterocycles. The van der Waals surface area contributed by atoms with E-state index in [4.69, 9.17) is 0 Å². The number of carbonyl (C=O) groups excluding carboxylic acids is 1. The molecule has 1 aromatic heterocycles. The molecule has 0 aliphatic rings. The number of pyridine rings is 1. The van der Waals surface area contributed by atoms with Crippen LogP contribution in [-0.4, -0.2) is 17.4 Å². The van der Waals surface area contributed by atoms with Gasteiger partial charge in [-0.15, -0.1) is 0 Å². The Labute approximate surface area is 156 Å². The lowest BCUT2D eigenvalue weighted by Gasteiger charge is -2.09. The summed E-state index contributed by atoms with van der Waals surface area (Å²) in [6, 6.07) is 16.4. The number of aryl methyl sites for hydroxylation is 1. The quantitative estimate of drug-likeness (QED) is 0.606. The van der Waals surface area contributed by atoms with Crippen LogP contribution in [0, 0.1) is 11.6 Å². The maximum absolute atomic E-state index is 13.7. The largest absolute Gasteiger partial charge is 0.352 e. The van der Waals surface area contributed by atoms with Gasteiger partial charge in [0.1, 0.15) is 17.5 Å². The third-order valence-corrected chi connectivity index (χ3v) is 3.99. The fraction of sp³-hybridized carbons (Fsp3) is 0.143. The van der Waals surface area contributed by atoms with Crippen LogP contribution in [0.1, 0.15) is 22.3 Å². The van der Waals surface area contributed by atoms with Gasteiger partial charge in [-0.2, -0.15) is 0 Å². The maximum atomic E-state index is 13.7. The smallest absolute Gasteiger partial charge is 0.251 e. The molecule has 2 N–H and O–H groups in total. The lowest BCUT2D eigenvalue weighted by atomic mass is 10.1. The minimum Gasteiger partial charge on any atom is -0.352 e. The van der Waals surface area contributed by atoms with Crippen molar-refractivity contribution in [1.82, 2.24) is 10.3 Å². The predicted molar refractivity (Wildman–Crippen MR) is 101 cm³/mol. The van der Waals surface area contributed by atoms with Crippen LogP contribution in [0.5, 0.6) is 0 Å². The topological polar surface area (TPSA) is 54.0 Å². The Balaban J connectivity index is 1.55. The van der Waals surface area contributed by atoms with Crippen molar-refractivity contribution in [3.05, 3.63) is 89.6 Å². The van der Waals surface area contributed by atoms with Crippen LogP contribution in [0.25, 0.3) is 0 Å². The summed E-state index contributed by atoms with van der Waals surface area (Å²) in [5.41, 5.74) is 1.72. The van der Waals surface area contributed by atoms with E-state index in [1.807, 2.05) is 18.2 Å². The maximum Gasteiger partial charge on any atom is 0.251 e. The van der Waals surface area contributed by atoms with Gasteiger partial charge in [0, 0.05) is 24.4 Å². The number of rotatable bonds is 7. The Morgan fingerprint density at radius 2 is 1.81 bits per heavy atom. The molecule has 0 aliphatic carbocycles. The van der Waals surface area contributed by atoms with Gasteiger partial charge in [-0.3, -0.25) is 4.79 Å². The monoisotopic (exact) mass is 367 g/mol. The van der Waals surface area contributed by atoms with Crippen LogP contribution in [0.2, 0.25) is 0 Å². The van der Waals surface area contributed by atoms with Crippen molar-refractivity contribution in [3.63, 3.8) is 0 Å². The molecule has 4 nitrogen and oxygen atoms in total. The van der Waals surface area contributed by atoms with E-state index in [1.54, 1.807) is 6.07 Å². The first-order valence-electron chi connectivity index (χ1n) is 8.62. The molecule has 0 bridgehead atoms. The average Bonchev–Trinajstić information content (AvgIpc) is 2.68. The highest BCUT2D eigenvalue weighted by Crippen LogP contribution is 2.19. The van der Waals surface area contributed by atoms with Gasteiger partial charge >= 0.3 is 0 Å². The SMILES string of the molecule is O=C(NCCCc1ccccc1)c1ccnc(Nc2ccc(F)cc2F)c1. The third kappa shape index (κ3) is 5.34. The number of aromatic nitrogens is 1. The van der Waals surface area contributed by atoms with Gasteiger partial charge < -0.3 is 10.6 Å². The molecule has 2 aromatic carbocycles. The molecule has 0 saturated carbocycles. The molecule has 1 amide bonds. The van der Waals surface area contributed by atoms with Crippen LogP contribution in [0.15, 0.2) is 66.9 Å². The van der Waals surface area contributed by atoms with Gasteiger partial charge in [0.2, 0.25) is 0 Å². The first kappa shape index (κ1) is 18.5. The lowest BCUT2D eigenvalue weighted by Crippen LogP contribution is -2.24. The number of amides is 1. The van der Waals surface area contributed by atoms with Crippen LogP contribution in [0.3, 0.4) is 0 Å². The number of carbonyl (C=O) groups is 1. The highest BCUT2D eigenvalue weighted by Gasteiger charge is 2.09. The van der Waals surface area contributed by atoms with E-state index in [1.165, 1.54) is 23.9 Å². The first-order chi connectivity index (χ1) is 13.1. The molecular formula is C21H19F2N3O. The molecular weight excluding hydrogens is 348 g/mol. The molecule has 0 atom stereocenters. The van der Waals surface area contributed by atoms with Crippen LogP contribution < -0.4 is 10.6 Å². The molecule has 0 spiro atoms. The number of hydrogen-bond acceptors (Lipinski definition) is 3. The zero-order valence-electron chi connectivity index (χ0n) is 14.6. The first-order valence-corrected chi connectivity index (χ1v) is 8.62. The van der Waals surface area contributed by atoms with Crippen molar-refractivity contribution in [2.75, 3.05) is 11.9 Å². The highest BCUT2D eigenvalue weighted by atomic mass is 19.1. The van der Waals surface area contributed by atoms with E-state index >= 15 is 0 Å². The number of nitrogens with one attached hydrogen (secondary N) is 2. The summed E-state index contributed by atoms with van der Waals surface area (Å²) in [7, 11) is 0. The Bertz CT molecular complexity index is 916. The zero-order chi connectivity index (χ0) is 19.1. The molecule has 0 unspecified atom stereocenters. The van der Waals surface area contributed by atoms with Gasteiger partial charge in [-0.1, -0.05) is 30.3 Å². The van der Waals surface area contributed by atoms with E-state index in [2.05, 4.69) is 27.8 Å². The summed E-state index contributed by atoms with van der Waals surface area (Å²) in [5, 5.41) is 5.61. The van der Waals surface area contributed by atoms with Gasteiger partial charge in [0.15, 0.2) is 0 Å². The number of anilines is 2.